The van der Waals surface area contributed by atoms with Crippen LogP contribution in [0.25, 0.3) is 0 Å². The van der Waals surface area contributed by atoms with Gasteiger partial charge in [0, 0.05) is 60.5 Å². The van der Waals surface area contributed by atoms with Gasteiger partial charge in [0.2, 0.25) is 12.7 Å². The summed E-state index contributed by atoms with van der Waals surface area (Å²) in [6.45, 7) is 7.24. The van der Waals surface area contributed by atoms with Crippen molar-refractivity contribution >= 4 is 29.6 Å². The number of rotatable bonds is 20. The predicted octanol–water partition coefficient (Wildman–Crippen LogP) is 8.47. The van der Waals surface area contributed by atoms with E-state index in [0.29, 0.717) is 52.7 Å². The molecule has 0 radical (unpaired) electrons. The Hall–Kier alpha value is -4.23. The van der Waals surface area contributed by atoms with E-state index in [1.807, 2.05) is 20.9 Å². The summed E-state index contributed by atoms with van der Waals surface area (Å²) in [4.78, 5) is 45.1. The number of aryl methyl sites for hydroxylation is 1. The number of carbonyl (C=O) groups is 3. The number of esters is 2. The molecule has 0 aliphatic carbocycles. The first-order valence-electron chi connectivity index (χ1n) is 23.5. The molecule has 1 amide bonds. The third kappa shape index (κ3) is 9.67. The molecular formula is C49H68N4O10S. The summed E-state index contributed by atoms with van der Waals surface area (Å²) in [7, 11) is 5.24. The van der Waals surface area contributed by atoms with Gasteiger partial charge in [-0.25, -0.2) is 4.79 Å². The maximum absolute atomic E-state index is 14.1. The molecule has 2 unspecified atom stereocenters. The lowest BCUT2D eigenvalue weighted by molar-refractivity contribution is -0.152. The molecule has 7 atom stereocenters. The number of nitrogens with one attached hydrogen (secondary N) is 1. The van der Waals surface area contributed by atoms with E-state index in [9.17, 15) is 19.6 Å². The van der Waals surface area contributed by atoms with Crippen molar-refractivity contribution in [2.24, 2.45) is 0 Å². The highest BCUT2D eigenvalue weighted by atomic mass is 32.2. The molecule has 350 valence electrons. The fourth-order valence-corrected chi connectivity index (χ4v) is 12.4. The van der Waals surface area contributed by atoms with Gasteiger partial charge in [0.05, 0.1) is 30.5 Å². The van der Waals surface area contributed by atoms with Gasteiger partial charge in [-0.15, -0.1) is 11.8 Å². The second-order valence-electron chi connectivity index (χ2n) is 18.0. The van der Waals surface area contributed by atoms with Crippen LogP contribution in [0.2, 0.25) is 0 Å². The van der Waals surface area contributed by atoms with E-state index in [1.54, 1.807) is 14.2 Å². The molecule has 0 aromatic heterocycles. The second kappa shape index (κ2) is 21.8. The fourth-order valence-electron chi connectivity index (χ4n) is 10.9. The van der Waals surface area contributed by atoms with Crippen LogP contribution in [-0.2, 0) is 30.3 Å². The van der Waals surface area contributed by atoms with E-state index < -0.39 is 41.4 Å². The first-order valence-corrected chi connectivity index (χ1v) is 24.5. The number of methoxy groups -OCH3 is 2. The first-order chi connectivity index (χ1) is 31.1. The van der Waals surface area contributed by atoms with Crippen LogP contribution in [0.5, 0.6) is 28.7 Å². The topological polar surface area (TPSA) is 158 Å². The van der Waals surface area contributed by atoms with Crippen molar-refractivity contribution in [3.63, 3.8) is 0 Å². The van der Waals surface area contributed by atoms with E-state index in [4.69, 9.17) is 33.2 Å². The molecule has 2 saturated heterocycles. The minimum atomic E-state index is -0.939. The van der Waals surface area contributed by atoms with Gasteiger partial charge in [0.15, 0.2) is 29.8 Å². The van der Waals surface area contributed by atoms with Crippen molar-refractivity contribution in [2.45, 2.75) is 166 Å². The van der Waals surface area contributed by atoms with Gasteiger partial charge in [-0.2, -0.15) is 5.26 Å². The van der Waals surface area contributed by atoms with Crippen molar-refractivity contribution in [1.82, 2.24) is 15.1 Å². The predicted molar refractivity (Wildman–Crippen MR) is 243 cm³/mol. The van der Waals surface area contributed by atoms with E-state index in [1.165, 1.54) is 82.9 Å². The monoisotopic (exact) mass is 904 g/mol. The molecule has 2 aromatic rings. The number of thioether (sulfide) groups is 1. The summed E-state index contributed by atoms with van der Waals surface area (Å²) in [5, 5.41) is 13.7. The van der Waals surface area contributed by atoms with Crippen LogP contribution in [0.3, 0.4) is 0 Å². The smallest absolute Gasteiger partial charge is 0.329 e. The Labute approximate surface area is 383 Å². The van der Waals surface area contributed by atoms with E-state index >= 15 is 0 Å². The van der Waals surface area contributed by atoms with Crippen LogP contribution >= 0.6 is 11.8 Å². The molecule has 8 rings (SSSR count). The van der Waals surface area contributed by atoms with Crippen LogP contribution < -0.4 is 29.0 Å². The lowest BCUT2D eigenvalue weighted by Crippen LogP contribution is -2.69. The second-order valence-corrected chi connectivity index (χ2v) is 19.2. The summed E-state index contributed by atoms with van der Waals surface area (Å²) in [5.74, 6) is 1.37. The van der Waals surface area contributed by atoms with Crippen molar-refractivity contribution in [3.8, 4) is 34.8 Å². The number of carbonyl (C=O) groups excluding carboxylic acids is 3. The number of hydrogen-bond donors (Lipinski definition) is 1. The van der Waals surface area contributed by atoms with Crippen LogP contribution in [0.15, 0.2) is 6.07 Å². The summed E-state index contributed by atoms with van der Waals surface area (Å²) in [6, 6.07) is 1.37. The van der Waals surface area contributed by atoms with Crippen LogP contribution in [0.1, 0.15) is 154 Å². The number of piperazine rings is 1. The van der Waals surface area contributed by atoms with Crippen LogP contribution in [0.4, 0.5) is 0 Å². The van der Waals surface area contributed by atoms with E-state index in [2.05, 4.69) is 34.2 Å². The van der Waals surface area contributed by atoms with Gasteiger partial charge in [-0.3, -0.25) is 19.4 Å². The van der Waals surface area contributed by atoms with Gasteiger partial charge in [-0.1, -0.05) is 90.0 Å². The number of nitriles is 1. The maximum Gasteiger partial charge on any atom is 0.329 e. The lowest BCUT2D eigenvalue weighted by atomic mass is 9.71. The zero-order valence-corrected chi connectivity index (χ0v) is 39.7. The molecule has 4 bridgehead atoms. The van der Waals surface area contributed by atoms with E-state index in [0.717, 1.165) is 41.5 Å². The zero-order valence-electron chi connectivity index (χ0n) is 38.9. The number of hydrogen-bond acceptors (Lipinski definition) is 14. The average molecular weight is 905 g/mol. The van der Waals surface area contributed by atoms with E-state index in [-0.39, 0.29) is 43.9 Å². The number of ether oxygens (including phenoxy) is 7. The summed E-state index contributed by atoms with van der Waals surface area (Å²) in [6.07, 6.45) is 16.6. The number of benzene rings is 2. The minimum absolute atomic E-state index is 0.0130. The highest BCUT2D eigenvalue weighted by molar-refractivity contribution is 7.99. The number of fused-ring (bicyclic) bond motifs is 10. The molecule has 14 nitrogen and oxygen atoms in total. The maximum atomic E-state index is 14.1. The fraction of sp³-hybridized carbons (Fsp3) is 0.673. The largest absolute Gasteiger partial charge is 0.493 e. The first kappa shape index (κ1) is 47.7. The summed E-state index contributed by atoms with van der Waals surface area (Å²) < 4.78 is 42.5. The summed E-state index contributed by atoms with van der Waals surface area (Å²) in [5.41, 5.74) is 4.86. The van der Waals surface area contributed by atoms with Crippen molar-refractivity contribution in [3.05, 3.63) is 39.4 Å². The van der Waals surface area contributed by atoms with Crippen LogP contribution in [0, 0.1) is 25.2 Å². The molecule has 0 saturated carbocycles. The molecule has 1 N–H and O–H groups in total. The Morgan fingerprint density at radius 2 is 1.58 bits per heavy atom. The normalized spacial score (nSPS) is 24.5. The minimum Gasteiger partial charge on any atom is -0.493 e. The number of likely N-dealkylation sites (N-methyl/N-ethyl adjacent to an activating group) is 1. The standard InChI is InChI=1S/C49H68N4O10S/c1-8-9-10-11-12-13-14-15-16-17-18-19-20-21-37(55)51-33-26-64-48-40-39(47-45(61-28-62-47)30(3)44(40)63-31(4)54)36(25-59-49(33)56)53-35(24-50)34-23-32-22-29(2)43(58-7)46(60-27-57-6)38(32)41(42(48)53)52(34)5/h22,33-36,41-42,48H,8-21,23,25-28H2,1-7H3,(H,51,55)/t33?,34-,35-,36-,41+,42?,48+/m0/s1. The Kier molecular flexibility index (Phi) is 16.3. The molecule has 6 aliphatic rings. The molecule has 6 aliphatic heterocycles. The Bertz CT molecular complexity index is 2060. The Morgan fingerprint density at radius 1 is 0.906 bits per heavy atom. The van der Waals surface area contributed by atoms with Gasteiger partial charge in [0.1, 0.15) is 24.4 Å². The molecule has 15 heteroatoms. The molecular weight excluding hydrogens is 837 g/mol. The van der Waals surface area contributed by atoms with Crippen molar-refractivity contribution in [2.75, 3.05) is 47.2 Å². The number of amides is 1. The average Bonchev–Trinajstić information content (AvgIpc) is 3.77. The Balaban J connectivity index is 1.19. The van der Waals surface area contributed by atoms with Crippen molar-refractivity contribution in [1.29, 1.82) is 5.26 Å². The molecule has 2 fully saturated rings. The highest BCUT2D eigenvalue weighted by Gasteiger charge is 2.61. The van der Waals surface area contributed by atoms with Crippen LogP contribution in [-0.4, -0.2) is 99.0 Å². The summed E-state index contributed by atoms with van der Waals surface area (Å²) >= 11 is 1.48. The number of nitrogens with zero attached hydrogens (tertiary/aromatic N) is 3. The SMILES string of the molecule is CCCCCCCCCCCCCCCC(=O)NC1CS[C@@H]2c3c(OC(C)=O)c(C)c4c(c3[C@H](COC1=O)N1C2[C@H]2c3c(cc(C)c(OC)c3OCOC)C[C@@H]([C@@H]1C#N)N2C)OCO4. The number of unbranched alkanes of at least 4 members (excludes halogenated alkanes) is 12. The molecule has 2 aromatic carbocycles. The van der Waals surface area contributed by atoms with Crippen molar-refractivity contribution < 1.29 is 47.5 Å². The Morgan fingerprint density at radius 3 is 2.22 bits per heavy atom. The third-order valence-electron chi connectivity index (χ3n) is 13.8. The lowest BCUT2D eigenvalue weighted by Gasteiger charge is -2.61. The van der Waals surface area contributed by atoms with Gasteiger partial charge in [0.25, 0.3) is 0 Å². The highest BCUT2D eigenvalue weighted by Crippen LogP contribution is 2.64. The zero-order chi connectivity index (χ0) is 45.5. The third-order valence-corrected chi connectivity index (χ3v) is 15.2. The van der Waals surface area contributed by atoms with Gasteiger partial charge >= 0.3 is 11.9 Å². The van der Waals surface area contributed by atoms with Gasteiger partial charge < -0.3 is 38.5 Å². The quantitative estimate of drug-likeness (QED) is 0.0584. The molecule has 64 heavy (non-hydrogen) atoms. The molecule has 0 spiro atoms. The molecule has 6 heterocycles. The van der Waals surface area contributed by atoms with Gasteiger partial charge in [-0.05, 0) is 44.9 Å².